The van der Waals surface area contributed by atoms with Crippen molar-refractivity contribution in [3.8, 4) is 0 Å². The Hall–Kier alpha value is -1.38. The van der Waals surface area contributed by atoms with Crippen LogP contribution in [0.15, 0.2) is 12.1 Å². The average molecular weight is 193 g/mol. The van der Waals surface area contributed by atoms with Gasteiger partial charge in [0, 0.05) is 7.05 Å². The van der Waals surface area contributed by atoms with Crippen molar-refractivity contribution in [1.82, 2.24) is 0 Å². The molecule has 1 aliphatic rings. The number of carbonyl (C=O) groups is 1. The lowest BCUT2D eigenvalue weighted by Crippen LogP contribution is -2.23. The first-order chi connectivity index (χ1) is 6.52. The molecule has 3 heteroatoms. The van der Waals surface area contributed by atoms with Crippen LogP contribution in [0.4, 0.5) is 10.1 Å². The molecule has 2 rings (SSSR count). The van der Waals surface area contributed by atoms with Gasteiger partial charge in [-0.05, 0) is 37.1 Å². The number of hydrogen-bond acceptors (Lipinski definition) is 1. The summed E-state index contributed by atoms with van der Waals surface area (Å²) in [5.41, 5.74) is 2.49. The van der Waals surface area contributed by atoms with E-state index >= 15 is 0 Å². The van der Waals surface area contributed by atoms with E-state index in [1.807, 2.05) is 13.8 Å². The van der Waals surface area contributed by atoms with Gasteiger partial charge in [-0.1, -0.05) is 0 Å². The molecule has 14 heavy (non-hydrogen) atoms. The number of nitrogens with zero attached hydrogens (tertiary/aromatic N) is 1. The molecule has 0 saturated carbocycles. The molecular formula is C11H12FNO. The van der Waals surface area contributed by atoms with Gasteiger partial charge in [0.05, 0.1) is 11.6 Å². The van der Waals surface area contributed by atoms with Crippen LogP contribution in [-0.4, -0.2) is 13.0 Å². The number of anilines is 1. The molecule has 0 fully saturated rings. The smallest absolute Gasteiger partial charge is 0.234 e. The molecule has 0 spiro atoms. The quantitative estimate of drug-likeness (QED) is 0.618. The lowest BCUT2D eigenvalue weighted by Gasteiger charge is -2.12. The molecule has 1 atom stereocenters. The summed E-state index contributed by atoms with van der Waals surface area (Å²) < 4.78 is 13.1. The van der Waals surface area contributed by atoms with Crippen LogP contribution in [0.1, 0.15) is 24.0 Å². The molecule has 0 saturated heterocycles. The van der Waals surface area contributed by atoms with E-state index in [4.69, 9.17) is 0 Å². The Morgan fingerprint density at radius 1 is 1.43 bits per heavy atom. The van der Waals surface area contributed by atoms with Crippen molar-refractivity contribution in [3.63, 3.8) is 0 Å². The second-order valence-corrected chi connectivity index (χ2v) is 3.78. The largest absolute Gasteiger partial charge is 0.314 e. The van der Waals surface area contributed by atoms with E-state index in [1.165, 1.54) is 12.1 Å². The number of benzene rings is 1. The predicted molar refractivity (Wildman–Crippen MR) is 53.0 cm³/mol. The zero-order valence-electron chi connectivity index (χ0n) is 8.47. The Morgan fingerprint density at radius 2 is 2.07 bits per heavy atom. The van der Waals surface area contributed by atoms with E-state index in [-0.39, 0.29) is 17.6 Å². The van der Waals surface area contributed by atoms with Crippen LogP contribution in [0.3, 0.4) is 0 Å². The van der Waals surface area contributed by atoms with Crippen molar-refractivity contribution in [2.45, 2.75) is 19.8 Å². The summed E-state index contributed by atoms with van der Waals surface area (Å²) in [5, 5.41) is 0. The maximum absolute atomic E-state index is 13.1. The van der Waals surface area contributed by atoms with Gasteiger partial charge in [0.2, 0.25) is 5.91 Å². The summed E-state index contributed by atoms with van der Waals surface area (Å²) >= 11 is 0. The number of rotatable bonds is 0. The normalized spacial score (nSPS) is 20.1. The van der Waals surface area contributed by atoms with E-state index < -0.39 is 0 Å². The summed E-state index contributed by atoms with van der Waals surface area (Å²) in [6.45, 7) is 3.63. The van der Waals surface area contributed by atoms with Gasteiger partial charge >= 0.3 is 0 Å². The van der Waals surface area contributed by atoms with E-state index in [9.17, 15) is 9.18 Å². The van der Waals surface area contributed by atoms with Crippen molar-refractivity contribution in [1.29, 1.82) is 0 Å². The Bertz CT molecular complexity index is 414. The molecule has 0 radical (unpaired) electrons. The number of halogens is 1. The van der Waals surface area contributed by atoms with Crippen LogP contribution < -0.4 is 4.90 Å². The Labute approximate surface area is 82.3 Å². The molecule has 2 nitrogen and oxygen atoms in total. The number of fused-ring (bicyclic) bond motifs is 1. The number of carbonyl (C=O) groups excluding carboxylic acids is 1. The maximum Gasteiger partial charge on any atom is 0.234 e. The summed E-state index contributed by atoms with van der Waals surface area (Å²) in [5.74, 6) is -0.450. The highest BCUT2D eigenvalue weighted by Gasteiger charge is 2.33. The molecule has 0 N–H and O–H groups in total. The van der Waals surface area contributed by atoms with E-state index in [1.54, 1.807) is 11.9 Å². The third-order valence-corrected chi connectivity index (χ3v) is 2.80. The minimum absolute atomic E-state index is 0.0358. The summed E-state index contributed by atoms with van der Waals surface area (Å²) in [7, 11) is 1.73. The second kappa shape index (κ2) is 2.80. The number of aryl methyl sites for hydroxylation is 1. The van der Waals surface area contributed by atoms with Crippen molar-refractivity contribution in [2.75, 3.05) is 11.9 Å². The minimum atomic E-state index is -0.267. The fourth-order valence-corrected chi connectivity index (χ4v) is 2.08. The molecular weight excluding hydrogens is 181 g/mol. The monoisotopic (exact) mass is 193 g/mol. The second-order valence-electron chi connectivity index (χ2n) is 3.78. The van der Waals surface area contributed by atoms with Crippen molar-refractivity contribution in [3.05, 3.63) is 29.1 Å². The van der Waals surface area contributed by atoms with E-state index in [0.717, 1.165) is 16.8 Å². The molecule has 1 unspecified atom stereocenters. The number of hydrogen-bond donors (Lipinski definition) is 0. The van der Waals surface area contributed by atoms with Gasteiger partial charge in [0.15, 0.2) is 0 Å². The van der Waals surface area contributed by atoms with Crippen LogP contribution in [0.2, 0.25) is 0 Å². The molecule has 1 amide bonds. The minimum Gasteiger partial charge on any atom is -0.314 e. The summed E-state index contributed by atoms with van der Waals surface area (Å²) in [6.07, 6.45) is 0. The standard InChI is InChI=1S/C11H12FNO/c1-6-4-8(12)5-9-7(2)11(14)13(3)10(6)9/h4-5,7H,1-3H3. The molecule has 1 aromatic carbocycles. The zero-order chi connectivity index (χ0) is 10.5. The van der Waals surface area contributed by atoms with Gasteiger partial charge in [-0.25, -0.2) is 4.39 Å². The van der Waals surface area contributed by atoms with Crippen LogP contribution in [0.5, 0.6) is 0 Å². The molecule has 1 heterocycles. The molecule has 0 aliphatic carbocycles. The fourth-order valence-electron chi connectivity index (χ4n) is 2.08. The molecule has 0 aromatic heterocycles. The lowest BCUT2D eigenvalue weighted by molar-refractivity contribution is -0.118. The summed E-state index contributed by atoms with van der Waals surface area (Å²) in [6, 6.07) is 2.91. The highest BCUT2D eigenvalue weighted by molar-refractivity contribution is 6.05. The topological polar surface area (TPSA) is 20.3 Å². The number of amides is 1. The van der Waals surface area contributed by atoms with Gasteiger partial charge in [0.25, 0.3) is 0 Å². The Balaban J connectivity index is 2.69. The third kappa shape index (κ3) is 1.05. The summed E-state index contributed by atoms with van der Waals surface area (Å²) in [4.78, 5) is 13.2. The third-order valence-electron chi connectivity index (χ3n) is 2.80. The van der Waals surface area contributed by atoms with Crippen molar-refractivity contribution in [2.24, 2.45) is 0 Å². The van der Waals surface area contributed by atoms with Crippen LogP contribution >= 0.6 is 0 Å². The molecule has 1 aliphatic heterocycles. The predicted octanol–water partition coefficient (Wildman–Crippen LogP) is 2.21. The van der Waals surface area contributed by atoms with Gasteiger partial charge < -0.3 is 4.90 Å². The molecule has 0 bridgehead atoms. The number of likely N-dealkylation sites (N-methyl/N-ethyl adjacent to an activating group) is 1. The highest BCUT2D eigenvalue weighted by Crippen LogP contribution is 2.38. The van der Waals surface area contributed by atoms with E-state index in [0.29, 0.717) is 0 Å². The van der Waals surface area contributed by atoms with Crippen LogP contribution in [0, 0.1) is 12.7 Å². The first-order valence-corrected chi connectivity index (χ1v) is 4.60. The van der Waals surface area contributed by atoms with Crippen molar-refractivity contribution >= 4 is 11.6 Å². The average Bonchev–Trinajstić information content (AvgIpc) is 2.31. The fraction of sp³-hybridized carbons (Fsp3) is 0.364. The molecule has 1 aromatic rings. The Kier molecular flexibility index (Phi) is 1.84. The van der Waals surface area contributed by atoms with Crippen LogP contribution in [0.25, 0.3) is 0 Å². The van der Waals surface area contributed by atoms with Gasteiger partial charge in [-0.3, -0.25) is 4.79 Å². The van der Waals surface area contributed by atoms with Crippen LogP contribution in [-0.2, 0) is 4.79 Å². The van der Waals surface area contributed by atoms with Gasteiger partial charge in [-0.2, -0.15) is 0 Å². The lowest BCUT2D eigenvalue weighted by atomic mass is 10.0. The van der Waals surface area contributed by atoms with Crippen molar-refractivity contribution < 1.29 is 9.18 Å². The van der Waals surface area contributed by atoms with E-state index in [2.05, 4.69) is 0 Å². The highest BCUT2D eigenvalue weighted by atomic mass is 19.1. The first kappa shape index (κ1) is 9.19. The van der Waals surface area contributed by atoms with Gasteiger partial charge in [-0.15, -0.1) is 0 Å². The molecule has 74 valence electrons. The SMILES string of the molecule is Cc1cc(F)cc2c1N(C)C(=O)C2C. The first-order valence-electron chi connectivity index (χ1n) is 4.60. The van der Waals surface area contributed by atoms with Gasteiger partial charge in [0.1, 0.15) is 5.82 Å². The Morgan fingerprint density at radius 3 is 2.71 bits per heavy atom. The maximum atomic E-state index is 13.1. The zero-order valence-corrected chi connectivity index (χ0v) is 8.47.